The summed E-state index contributed by atoms with van der Waals surface area (Å²) in [4.78, 5) is 0. The standard InChI is InChI=1S/C14H11F4NO/c15-8-4-9(16)6-10(5-8)20-7-13(19)11-2-1-3-12(17)14(11)18/h1-6,13H,7,19H2. The van der Waals surface area contributed by atoms with Crippen LogP contribution in [0.3, 0.4) is 0 Å². The molecular formula is C14H11F4NO. The highest BCUT2D eigenvalue weighted by atomic mass is 19.2. The smallest absolute Gasteiger partial charge is 0.163 e. The first-order chi connectivity index (χ1) is 9.47. The van der Waals surface area contributed by atoms with Crippen LogP contribution in [0.4, 0.5) is 17.6 Å². The minimum absolute atomic E-state index is 0.0677. The molecule has 0 heterocycles. The van der Waals surface area contributed by atoms with E-state index in [0.29, 0.717) is 6.07 Å². The maximum absolute atomic E-state index is 13.5. The van der Waals surface area contributed by atoms with Crippen molar-refractivity contribution >= 4 is 0 Å². The molecule has 0 aromatic heterocycles. The molecule has 20 heavy (non-hydrogen) atoms. The molecule has 2 N–H and O–H groups in total. The van der Waals surface area contributed by atoms with Gasteiger partial charge in [0, 0.05) is 23.8 Å². The molecule has 6 heteroatoms. The second-order valence-electron chi connectivity index (χ2n) is 4.17. The molecule has 0 aliphatic rings. The molecule has 0 aliphatic carbocycles. The summed E-state index contributed by atoms with van der Waals surface area (Å²) in [6.45, 7) is -0.247. The van der Waals surface area contributed by atoms with Crippen LogP contribution in [0.15, 0.2) is 36.4 Å². The van der Waals surface area contributed by atoms with E-state index in [1.807, 2.05) is 0 Å². The summed E-state index contributed by atoms with van der Waals surface area (Å²) in [5.41, 5.74) is 5.60. The van der Waals surface area contributed by atoms with Crippen LogP contribution < -0.4 is 10.5 Å². The van der Waals surface area contributed by atoms with Crippen LogP contribution in [0.1, 0.15) is 11.6 Å². The zero-order chi connectivity index (χ0) is 14.7. The summed E-state index contributed by atoms with van der Waals surface area (Å²) in [5.74, 6) is -3.76. The van der Waals surface area contributed by atoms with Gasteiger partial charge in [-0.05, 0) is 6.07 Å². The monoisotopic (exact) mass is 285 g/mol. The summed E-state index contributed by atoms with van der Waals surface area (Å²) in [6, 6.07) is 5.27. The third-order valence-corrected chi connectivity index (χ3v) is 2.65. The Bertz CT molecular complexity index is 598. The highest BCUT2D eigenvalue weighted by molar-refractivity contribution is 5.25. The lowest BCUT2D eigenvalue weighted by Crippen LogP contribution is -2.20. The number of nitrogens with two attached hydrogens (primary N) is 1. The fourth-order valence-electron chi connectivity index (χ4n) is 1.69. The molecule has 2 rings (SSSR count). The summed E-state index contributed by atoms with van der Waals surface area (Å²) >= 11 is 0. The second-order valence-corrected chi connectivity index (χ2v) is 4.17. The minimum Gasteiger partial charge on any atom is -0.491 e. The minimum atomic E-state index is -1.06. The van der Waals surface area contributed by atoms with Gasteiger partial charge in [-0.2, -0.15) is 0 Å². The molecule has 0 amide bonds. The van der Waals surface area contributed by atoms with Gasteiger partial charge in [-0.3, -0.25) is 0 Å². The van der Waals surface area contributed by atoms with E-state index in [2.05, 4.69) is 0 Å². The first kappa shape index (κ1) is 14.3. The Balaban J connectivity index is 2.08. The van der Waals surface area contributed by atoms with Gasteiger partial charge in [0.1, 0.15) is 24.0 Å². The summed E-state index contributed by atoms with van der Waals surface area (Å²) in [6.07, 6.45) is 0. The first-order valence-electron chi connectivity index (χ1n) is 5.76. The molecule has 1 atom stereocenters. The van der Waals surface area contributed by atoms with Crippen molar-refractivity contribution < 1.29 is 22.3 Å². The van der Waals surface area contributed by atoms with Crippen molar-refractivity contribution in [3.8, 4) is 5.75 Å². The predicted molar refractivity (Wildman–Crippen MR) is 65.1 cm³/mol. The van der Waals surface area contributed by atoms with Crippen LogP contribution >= 0.6 is 0 Å². The van der Waals surface area contributed by atoms with Gasteiger partial charge in [0.2, 0.25) is 0 Å². The Morgan fingerprint density at radius 3 is 2.30 bits per heavy atom. The molecule has 0 saturated carbocycles. The third kappa shape index (κ3) is 3.27. The van der Waals surface area contributed by atoms with Gasteiger partial charge in [-0.25, -0.2) is 17.6 Å². The Labute approximate surface area is 112 Å². The van der Waals surface area contributed by atoms with Crippen LogP contribution in [0.5, 0.6) is 5.75 Å². The van der Waals surface area contributed by atoms with Gasteiger partial charge in [0.25, 0.3) is 0 Å². The fraction of sp³-hybridized carbons (Fsp3) is 0.143. The average Bonchev–Trinajstić information content (AvgIpc) is 2.38. The Kier molecular flexibility index (Phi) is 4.24. The van der Waals surface area contributed by atoms with Gasteiger partial charge in [-0.1, -0.05) is 12.1 Å². The molecule has 0 radical (unpaired) electrons. The number of benzene rings is 2. The van der Waals surface area contributed by atoms with Crippen molar-refractivity contribution in [2.75, 3.05) is 6.61 Å². The Hall–Kier alpha value is -2.08. The number of hydrogen-bond acceptors (Lipinski definition) is 2. The van der Waals surface area contributed by atoms with Crippen molar-refractivity contribution in [2.24, 2.45) is 5.73 Å². The number of hydrogen-bond donors (Lipinski definition) is 1. The van der Waals surface area contributed by atoms with Crippen molar-refractivity contribution in [3.05, 3.63) is 65.2 Å². The lowest BCUT2D eigenvalue weighted by atomic mass is 10.1. The van der Waals surface area contributed by atoms with Gasteiger partial charge in [-0.15, -0.1) is 0 Å². The van der Waals surface area contributed by atoms with E-state index < -0.39 is 29.3 Å². The molecule has 0 saturated heterocycles. The van der Waals surface area contributed by atoms with Crippen LogP contribution in [-0.4, -0.2) is 6.61 Å². The van der Waals surface area contributed by atoms with Crippen LogP contribution in [-0.2, 0) is 0 Å². The molecule has 0 spiro atoms. The van der Waals surface area contributed by atoms with Crippen molar-refractivity contribution in [1.82, 2.24) is 0 Å². The third-order valence-electron chi connectivity index (χ3n) is 2.65. The van der Waals surface area contributed by atoms with Crippen LogP contribution in [0.25, 0.3) is 0 Å². The first-order valence-corrected chi connectivity index (χ1v) is 5.76. The van der Waals surface area contributed by atoms with Crippen molar-refractivity contribution in [2.45, 2.75) is 6.04 Å². The predicted octanol–water partition coefficient (Wildman–Crippen LogP) is 3.32. The molecule has 0 aliphatic heterocycles. The summed E-state index contributed by atoms with van der Waals surface area (Å²) in [5, 5.41) is 0. The van der Waals surface area contributed by atoms with Crippen LogP contribution in [0, 0.1) is 23.3 Å². The SMILES string of the molecule is NC(COc1cc(F)cc(F)c1)c1cccc(F)c1F. The number of halogens is 4. The molecular weight excluding hydrogens is 274 g/mol. The maximum Gasteiger partial charge on any atom is 0.163 e. The molecule has 2 aromatic carbocycles. The summed E-state index contributed by atoms with van der Waals surface area (Å²) < 4.78 is 57.5. The number of rotatable bonds is 4. The zero-order valence-electron chi connectivity index (χ0n) is 10.2. The summed E-state index contributed by atoms with van der Waals surface area (Å²) in [7, 11) is 0. The molecule has 1 unspecified atom stereocenters. The van der Waals surface area contributed by atoms with E-state index in [4.69, 9.17) is 10.5 Å². The van der Waals surface area contributed by atoms with E-state index in [9.17, 15) is 17.6 Å². The molecule has 2 aromatic rings. The topological polar surface area (TPSA) is 35.2 Å². The average molecular weight is 285 g/mol. The van der Waals surface area contributed by atoms with E-state index >= 15 is 0 Å². The maximum atomic E-state index is 13.5. The van der Waals surface area contributed by atoms with E-state index in [1.165, 1.54) is 12.1 Å². The van der Waals surface area contributed by atoms with Gasteiger partial charge >= 0.3 is 0 Å². The van der Waals surface area contributed by atoms with Crippen LogP contribution in [0.2, 0.25) is 0 Å². The molecule has 106 valence electrons. The van der Waals surface area contributed by atoms with Gasteiger partial charge < -0.3 is 10.5 Å². The lowest BCUT2D eigenvalue weighted by molar-refractivity contribution is 0.284. The van der Waals surface area contributed by atoms with E-state index in [0.717, 1.165) is 18.2 Å². The van der Waals surface area contributed by atoms with E-state index in [-0.39, 0.29) is 17.9 Å². The quantitative estimate of drug-likeness (QED) is 0.875. The number of ether oxygens (including phenoxy) is 1. The Morgan fingerprint density at radius 2 is 1.65 bits per heavy atom. The lowest BCUT2D eigenvalue weighted by Gasteiger charge is -2.14. The molecule has 2 nitrogen and oxygen atoms in total. The largest absolute Gasteiger partial charge is 0.491 e. The van der Waals surface area contributed by atoms with Gasteiger partial charge in [0.05, 0.1) is 6.04 Å². The zero-order valence-corrected chi connectivity index (χ0v) is 10.2. The normalized spacial score (nSPS) is 12.2. The van der Waals surface area contributed by atoms with Crippen molar-refractivity contribution in [1.29, 1.82) is 0 Å². The van der Waals surface area contributed by atoms with E-state index in [1.54, 1.807) is 0 Å². The molecule has 0 bridgehead atoms. The highest BCUT2D eigenvalue weighted by Gasteiger charge is 2.15. The molecule has 0 fully saturated rings. The second kappa shape index (κ2) is 5.92. The fourth-order valence-corrected chi connectivity index (χ4v) is 1.69. The highest BCUT2D eigenvalue weighted by Crippen LogP contribution is 2.20. The Morgan fingerprint density at radius 1 is 1.00 bits per heavy atom. The van der Waals surface area contributed by atoms with Gasteiger partial charge in [0.15, 0.2) is 11.6 Å². The van der Waals surface area contributed by atoms with Crippen molar-refractivity contribution in [3.63, 3.8) is 0 Å².